The van der Waals surface area contributed by atoms with Crippen molar-refractivity contribution in [3.05, 3.63) is 94.6 Å². The maximum atomic E-state index is 14.9. The largest absolute Gasteiger partial charge is 0.291 e. The number of halogens is 3. The molecule has 0 aliphatic heterocycles. The van der Waals surface area contributed by atoms with E-state index in [-0.39, 0.29) is 21.7 Å². The lowest BCUT2D eigenvalue weighted by molar-refractivity contribution is -0.118. The predicted octanol–water partition coefficient (Wildman–Crippen LogP) is 3.86. The Morgan fingerprint density at radius 2 is 1.59 bits per heavy atom. The van der Waals surface area contributed by atoms with Crippen molar-refractivity contribution in [1.82, 2.24) is 10.3 Å². The molecule has 1 heterocycles. The zero-order valence-corrected chi connectivity index (χ0v) is 19.3. The molecule has 0 radical (unpaired) electrons. The van der Waals surface area contributed by atoms with Gasteiger partial charge in [0.15, 0.2) is 9.84 Å². The summed E-state index contributed by atoms with van der Waals surface area (Å²) in [5.74, 6) is -4.29. The monoisotopic (exact) mass is 490 g/mol. The molecule has 0 aliphatic carbocycles. The highest BCUT2D eigenvalue weighted by atomic mass is 32.2. The van der Waals surface area contributed by atoms with Crippen LogP contribution in [-0.4, -0.2) is 31.0 Å². The van der Waals surface area contributed by atoms with Crippen molar-refractivity contribution in [2.24, 2.45) is 0 Å². The van der Waals surface area contributed by atoms with Gasteiger partial charge in [0, 0.05) is 24.1 Å². The number of amides is 2. The molecule has 178 valence electrons. The number of aryl methyl sites for hydroxylation is 1. The van der Waals surface area contributed by atoms with Gasteiger partial charge >= 0.3 is 0 Å². The summed E-state index contributed by atoms with van der Waals surface area (Å²) < 4.78 is 68.9. The number of carbonyl (C=O) groups excluding carboxylic acids is 2. The smallest absolute Gasteiger partial charge is 0.276 e. The summed E-state index contributed by atoms with van der Waals surface area (Å²) >= 11 is 0. The average molecular weight is 491 g/mol. The number of nitrogens with zero attached hydrogens (tertiary/aromatic N) is 1. The first kappa shape index (κ1) is 25.1. The van der Waals surface area contributed by atoms with Crippen molar-refractivity contribution in [3.8, 4) is 0 Å². The van der Waals surface area contributed by atoms with Gasteiger partial charge in [-0.3, -0.25) is 19.9 Å². The number of hydrogen-bond acceptors (Lipinski definition) is 5. The number of imide groups is 1. The highest BCUT2D eigenvalue weighted by Crippen LogP contribution is 2.38. The Labute approximate surface area is 194 Å². The predicted molar refractivity (Wildman–Crippen MR) is 118 cm³/mol. The normalized spacial score (nSPS) is 13.2. The van der Waals surface area contributed by atoms with Crippen LogP contribution in [0, 0.1) is 24.4 Å². The highest BCUT2D eigenvalue weighted by Gasteiger charge is 2.39. The second-order valence-electron chi connectivity index (χ2n) is 8.06. The first-order valence-electron chi connectivity index (χ1n) is 10.1. The zero-order chi connectivity index (χ0) is 25.3. The van der Waals surface area contributed by atoms with Gasteiger partial charge in [0.2, 0.25) is 5.91 Å². The number of nitrogens with one attached hydrogen (secondary N) is 1. The van der Waals surface area contributed by atoms with Crippen molar-refractivity contribution < 1.29 is 31.2 Å². The summed E-state index contributed by atoms with van der Waals surface area (Å²) in [5, 5.41) is 2.08. The van der Waals surface area contributed by atoms with E-state index >= 15 is 0 Å². The summed E-state index contributed by atoms with van der Waals surface area (Å²) in [4.78, 5) is 27.2. The van der Waals surface area contributed by atoms with Crippen molar-refractivity contribution in [1.29, 1.82) is 0 Å². The number of carbonyl (C=O) groups is 2. The molecule has 0 fully saturated rings. The second kappa shape index (κ2) is 9.38. The van der Waals surface area contributed by atoms with Crippen LogP contribution in [0.5, 0.6) is 0 Å². The van der Waals surface area contributed by atoms with Crippen LogP contribution in [0.25, 0.3) is 0 Å². The van der Waals surface area contributed by atoms with Crippen LogP contribution in [0.15, 0.2) is 59.6 Å². The third-order valence-electron chi connectivity index (χ3n) is 5.40. The third kappa shape index (κ3) is 5.17. The van der Waals surface area contributed by atoms with Crippen LogP contribution in [0.2, 0.25) is 0 Å². The molecule has 2 aromatic carbocycles. The van der Waals surface area contributed by atoms with Gasteiger partial charge in [-0.1, -0.05) is 6.92 Å². The van der Waals surface area contributed by atoms with Crippen molar-refractivity contribution in [2.45, 2.75) is 31.1 Å². The Bertz CT molecular complexity index is 1380. The fourth-order valence-corrected chi connectivity index (χ4v) is 5.60. The molecule has 2 amide bonds. The minimum Gasteiger partial charge on any atom is -0.291 e. The van der Waals surface area contributed by atoms with Gasteiger partial charge in [0.25, 0.3) is 5.91 Å². The van der Waals surface area contributed by atoms with Crippen molar-refractivity contribution >= 4 is 21.7 Å². The van der Waals surface area contributed by atoms with E-state index < -0.39 is 50.3 Å². The molecule has 1 aromatic heterocycles. The van der Waals surface area contributed by atoms with E-state index in [0.29, 0.717) is 5.56 Å². The molecule has 1 N–H and O–H groups in total. The van der Waals surface area contributed by atoms with Gasteiger partial charge in [-0.2, -0.15) is 0 Å². The average Bonchev–Trinajstić information content (AvgIpc) is 2.74. The molecule has 1 unspecified atom stereocenters. The lowest BCUT2D eigenvalue weighted by Gasteiger charge is -2.32. The maximum Gasteiger partial charge on any atom is 0.276 e. The molecule has 10 heteroatoms. The maximum absolute atomic E-state index is 14.9. The Balaban J connectivity index is 2.19. The van der Waals surface area contributed by atoms with Crippen molar-refractivity contribution in [3.63, 3.8) is 0 Å². The number of hydrogen-bond donors (Lipinski definition) is 1. The minimum absolute atomic E-state index is 0.111. The molecule has 34 heavy (non-hydrogen) atoms. The quantitative estimate of drug-likeness (QED) is 0.530. The van der Waals surface area contributed by atoms with Crippen LogP contribution >= 0.6 is 0 Å². The fraction of sp³-hybridized carbons (Fsp3) is 0.208. The number of benzene rings is 2. The Morgan fingerprint density at radius 1 is 0.971 bits per heavy atom. The highest BCUT2D eigenvalue weighted by molar-refractivity contribution is 7.91. The standard InChI is InChI=1S/C24H21F3N2O4S/c1-14-10-22(23(31)29-15(2)30)28-12-20(14)24(3,19-11-17(26)6-9-21(19)27)13-34(32,33)18-7-4-16(25)5-8-18/h4-12H,13H2,1-3H3,(H,29,30,31). The molecule has 3 rings (SSSR count). The topological polar surface area (TPSA) is 93.2 Å². The number of rotatable bonds is 6. The molecule has 3 aromatic rings. The Kier molecular flexibility index (Phi) is 6.92. The Hall–Kier alpha value is -3.53. The van der Waals surface area contributed by atoms with Gasteiger partial charge in [-0.05, 0) is 66.6 Å². The number of aromatic nitrogens is 1. The van der Waals surface area contributed by atoms with E-state index in [2.05, 4.69) is 10.3 Å². The lowest BCUT2D eigenvalue weighted by Crippen LogP contribution is -2.35. The molecule has 1 atom stereocenters. The van der Waals surface area contributed by atoms with Gasteiger partial charge in [0.05, 0.1) is 10.6 Å². The lowest BCUT2D eigenvalue weighted by atomic mass is 9.76. The summed E-state index contributed by atoms with van der Waals surface area (Å²) in [6, 6.07) is 8.20. The summed E-state index contributed by atoms with van der Waals surface area (Å²) in [6.45, 7) is 4.13. The molecule has 0 spiro atoms. The molecular formula is C24H21F3N2O4S. The molecular weight excluding hydrogens is 469 g/mol. The van der Waals surface area contributed by atoms with E-state index in [4.69, 9.17) is 0 Å². The molecule has 0 saturated heterocycles. The first-order valence-corrected chi connectivity index (χ1v) is 11.7. The van der Waals surface area contributed by atoms with Gasteiger partial charge in [0.1, 0.15) is 23.1 Å². The molecule has 0 bridgehead atoms. The van der Waals surface area contributed by atoms with E-state index in [1.807, 2.05) is 0 Å². The summed E-state index contributed by atoms with van der Waals surface area (Å²) in [5.41, 5.74) is -1.40. The summed E-state index contributed by atoms with van der Waals surface area (Å²) in [7, 11) is -4.13. The Morgan fingerprint density at radius 3 is 2.18 bits per heavy atom. The number of sulfone groups is 1. The number of pyridine rings is 1. The second-order valence-corrected chi connectivity index (χ2v) is 10.1. The SMILES string of the molecule is CC(=O)NC(=O)c1cc(C)c(C(C)(CS(=O)(=O)c2ccc(F)cc2)c2cc(F)ccc2F)cn1. The van der Waals surface area contributed by atoms with Crippen LogP contribution in [0.1, 0.15) is 41.0 Å². The van der Waals surface area contributed by atoms with E-state index in [1.54, 1.807) is 6.92 Å². The van der Waals surface area contributed by atoms with E-state index in [1.165, 1.54) is 19.2 Å². The van der Waals surface area contributed by atoms with E-state index in [0.717, 1.165) is 49.4 Å². The third-order valence-corrected chi connectivity index (χ3v) is 7.35. The van der Waals surface area contributed by atoms with Gasteiger partial charge in [-0.15, -0.1) is 0 Å². The van der Waals surface area contributed by atoms with Crippen LogP contribution in [0.3, 0.4) is 0 Å². The molecule has 0 aliphatic rings. The zero-order valence-electron chi connectivity index (χ0n) is 18.5. The summed E-state index contributed by atoms with van der Waals surface area (Å²) in [6.07, 6.45) is 1.20. The van der Waals surface area contributed by atoms with Crippen LogP contribution < -0.4 is 5.32 Å². The van der Waals surface area contributed by atoms with Gasteiger partial charge < -0.3 is 0 Å². The van der Waals surface area contributed by atoms with Gasteiger partial charge in [-0.25, -0.2) is 21.6 Å². The molecule has 6 nitrogen and oxygen atoms in total. The first-order chi connectivity index (χ1) is 15.8. The van der Waals surface area contributed by atoms with E-state index in [9.17, 15) is 31.2 Å². The fourth-order valence-electron chi connectivity index (χ4n) is 3.81. The van der Waals surface area contributed by atoms with Crippen LogP contribution in [0.4, 0.5) is 13.2 Å². The van der Waals surface area contributed by atoms with Crippen LogP contribution in [-0.2, 0) is 20.0 Å². The van der Waals surface area contributed by atoms with Crippen molar-refractivity contribution in [2.75, 3.05) is 5.75 Å². The minimum atomic E-state index is -4.13. The molecule has 0 saturated carbocycles.